The summed E-state index contributed by atoms with van der Waals surface area (Å²) in [7, 11) is 0. The van der Waals surface area contributed by atoms with Crippen molar-refractivity contribution in [1.29, 1.82) is 0 Å². The number of H-pyrrole nitrogens is 1. The molecule has 0 aliphatic heterocycles. The number of hydrogen-bond donors (Lipinski definition) is 1. The summed E-state index contributed by atoms with van der Waals surface area (Å²) in [5.41, 5.74) is 3.89. The Morgan fingerprint density at radius 1 is 0.941 bits per heavy atom. The quantitative estimate of drug-likeness (QED) is 0.724. The van der Waals surface area contributed by atoms with E-state index in [1.54, 1.807) is 12.4 Å². The van der Waals surface area contributed by atoms with E-state index >= 15 is 0 Å². The van der Waals surface area contributed by atoms with Crippen molar-refractivity contribution in [2.45, 2.75) is 0 Å². The monoisotopic (exact) mass is 222 g/mol. The predicted octanol–water partition coefficient (Wildman–Crippen LogP) is 2.53. The molecule has 0 amide bonds. The maximum atomic E-state index is 4.43. The van der Waals surface area contributed by atoms with Crippen LogP contribution in [0, 0.1) is 0 Å². The number of aromatic amines is 1. The van der Waals surface area contributed by atoms with Gasteiger partial charge in [-0.05, 0) is 12.1 Å². The van der Waals surface area contributed by atoms with Crippen LogP contribution in [-0.4, -0.2) is 20.4 Å². The fourth-order valence-electron chi connectivity index (χ4n) is 1.78. The highest BCUT2D eigenvalue weighted by atomic mass is 15.3. The minimum atomic E-state index is 0.872. The van der Waals surface area contributed by atoms with Gasteiger partial charge >= 0.3 is 0 Å². The Morgan fingerprint density at radius 2 is 1.82 bits per heavy atom. The van der Waals surface area contributed by atoms with Gasteiger partial charge in [0, 0.05) is 17.3 Å². The maximum Gasteiger partial charge on any atom is 0.0875 e. The lowest BCUT2D eigenvalue weighted by Crippen LogP contribution is -1.88. The molecule has 0 aliphatic rings. The number of aromatic nitrogens is 4. The molecule has 3 aromatic rings. The van der Waals surface area contributed by atoms with Crippen LogP contribution < -0.4 is 0 Å². The van der Waals surface area contributed by atoms with Crippen LogP contribution in [-0.2, 0) is 0 Å². The standard InChI is InChI=1S/C13H10N4/c1-2-5-10(6-3-1)13-11(7-4-8-14-13)12-9-15-17-16-12/h1-9H,(H,15,16,17). The van der Waals surface area contributed by atoms with Gasteiger partial charge in [0.1, 0.15) is 0 Å². The van der Waals surface area contributed by atoms with Gasteiger partial charge in [-0.1, -0.05) is 35.5 Å². The normalized spacial score (nSPS) is 10.4. The first-order valence-electron chi connectivity index (χ1n) is 5.32. The molecule has 2 heterocycles. The zero-order chi connectivity index (χ0) is 11.5. The second-order valence-electron chi connectivity index (χ2n) is 3.64. The zero-order valence-electron chi connectivity index (χ0n) is 9.04. The SMILES string of the molecule is c1ccc(-c2ncccc2-c2cnn[nH]2)cc1. The number of hydrogen-bond acceptors (Lipinski definition) is 3. The second-order valence-corrected chi connectivity index (χ2v) is 3.64. The van der Waals surface area contributed by atoms with Crippen molar-refractivity contribution < 1.29 is 0 Å². The molecule has 4 nitrogen and oxygen atoms in total. The largest absolute Gasteiger partial charge is 0.258 e. The Balaban J connectivity index is 2.18. The summed E-state index contributed by atoms with van der Waals surface area (Å²) in [6.07, 6.45) is 3.49. The Labute approximate surface area is 98.4 Å². The molecule has 0 aliphatic carbocycles. The molecule has 4 heteroatoms. The van der Waals surface area contributed by atoms with Gasteiger partial charge in [0.25, 0.3) is 0 Å². The lowest BCUT2D eigenvalue weighted by atomic mass is 10.0. The molecule has 0 saturated carbocycles. The van der Waals surface area contributed by atoms with Crippen molar-refractivity contribution in [1.82, 2.24) is 20.4 Å². The van der Waals surface area contributed by atoms with Crippen LogP contribution >= 0.6 is 0 Å². The average Bonchev–Trinajstić information content (AvgIpc) is 2.94. The van der Waals surface area contributed by atoms with E-state index in [1.807, 2.05) is 42.5 Å². The molecule has 3 rings (SSSR count). The molecule has 2 aromatic heterocycles. The molecule has 0 fully saturated rings. The summed E-state index contributed by atoms with van der Waals surface area (Å²) < 4.78 is 0. The molecule has 0 bridgehead atoms. The van der Waals surface area contributed by atoms with E-state index in [2.05, 4.69) is 20.4 Å². The first-order valence-corrected chi connectivity index (χ1v) is 5.32. The predicted molar refractivity (Wildman–Crippen MR) is 65.0 cm³/mol. The highest BCUT2D eigenvalue weighted by Crippen LogP contribution is 2.27. The van der Waals surface area contributed by atoms with Gasteiger partial charge in [0.05, 0.1) is 17.6 Å². The third kappa shape index (κ3) is 1.80. The molecule has 82 valence electrons. The maximum absolute atomic E-state index is 4.43. The van der Waals surface area contributed by atoms with Crippen LogP contribution in [0.4, 0.5) is 0 Å². The van der Waals surface area contributed by atoms with Gasteiger partial charge in [0.15, 0.2) is 0 Å². The van der Waals surface area contributed by atoms with Crippen molar-refractivity contribution in [3.8, 4) is 22.5 Å². The van der Waals surface area contributed by atoms with E-state index in [-0.39, 0.29) is 0 Å². The molecule has 0 atom stereocenters. The van der Waals surface area contributed by atoms with Crippen LogP contribution in [0.25, 0.3) is 22.5 Å². The van der Waals surface area contributed by atoms with Crippen molar-refractivity contribution >= 4 is 0 Å². The summed E-state index contributed by atoms with van der Waals surface area (Å²) in [6.45, 7) is 0. The highest BCUT2D eigenvalue weighted by Gasteiger charge is 2.08. The van der Waals surface area contributed by atoms with E-state index in [1.165, 1.54) is 0 Å². The van der Waals surface area contributed by atoms with E-state index < -0.39 is 0 Å². The first-order chi connectivity index (χ1) is 8.45. The average molecular weight is 222 g/mol. The third-order valence-electron chi connectivity index (χ3n) is 2.56. The number of nitrogens with zero attached hydrogens (tertiary/aromatic N) is 3. The molecule has 17 heavy (non-hydrogen) atoms. The Bertz CT molecular complexity index is 602. The van der Waals surface area contributed by atoms with Crippen molar-refractivity contribution in [2.75, 3.05) is 0 Å². The third-order valence-corrected chi connectivity index (χ3v) is 2.56. The van der Waals surface area contributed by atoms with Crippen LogP contribution in [0.2, 0.25) is 0 Å². The van der Waals surface area contributed by atoms with Crippen LogP contribution in [0.1, 0.15) is 0 Å². The summed E-state index contributed by atoms with van der Waals surface area (Å²) in [5, 5.41) is 10.4. The van der Waals surface area contributed by atoms with Gasteiger partial charge in [-0.25, -0.2) is 0 Å². The first kappa shape index (κ1) is 9.72. The number of rotatable bonds is 2. The van der Waals surface area contributed by atoms with Crippen molar-refractivity contribution in [2.24, 2.45) is 0 Å². The molecule has 0 saturated heterocycles. The Morgan fingerprint density at radius 3 is 2.59 bits per heavy atom. The summed E-state index contributed by atoms with van der Waals surface area (Å²) in [6, 6.07) is 14.0. The molecule has 1 N–H and O–H groups in total. The number of nitrogens with one attached hydrogen (secondary N) is 1. The summed E-state index contributed by atoms with van der Waals surface area (Å²) >= 11 is 0. The van der Waals surface area contributed by atoms with Crippen molar-refractivity contribution in [3.05, 3.63) is 54.9 Å². The van der Waals surface area contributed by atoms with Crippen LogP contribution in [0.15, 0.2) is 54.9 Å². The van der Waals surface area contributed by atoms with E-state index in [0.717, 1.165) is 22.5 Å². The summed E-state index contributed by atoms with van der Waals surface area (Å²) in [4.78, 5) is 4.43. The van der Waals surface area contributed by atoms with Gasteiger partial charge in [-0.2, -0.15) is 0 Å². The Hall–Kier alpha value is -2.49. The molecular formula is C13H10N4. The molecular weight excluding hydrogens is 212 g/mol. The molecule has 0 unspecified atom stereocenters. The molecule has 0 radical (unpaired) electrons. The minimum absolute atomic E-state index is 0.872. The van der Waals surface area contributed by atoms with Gasteiger partial charge in [-0.3, -0.25) is 10.1 Å². The topological polar surface area (TPSA) is 54.5 Å². The zero-order valence-corrected chi connectivity index (χ0v) is 9.04. The molecule has 1 aromatic carbocycles. The van der Waals surface area contributed by atoms with E-state index in [0.29, 0.717) is 0 Å². The van der Waals surface area contributed by atoms with Crippen LogP contribution in [0.5, 0.6) is 0 Å². The smallest absolute Gasteiger partial charge is 0.0875 e. The fourth-order valence-corrected chi connectivity index (χ4v) is 1.78. The summed E-state index contributed by atoms with van der Waals surface area (Å²) in [5.74, 6) is 0. The van der Waals surface area contributed by atoms with Crippen LogP contribution in [0.3, 0.4) is 0 Å². The minimum Gasteiger partial charge on any atom is -0.258 e. The number of benzene rings is 1. The van der Waals surface area contributed by atoms with Gasteiger partial charge in [0.2, 0.25) is 0 Å². The van der Waals surface area contributed by atoms with Crippen molar-refractivity contribution in [3.63, 3.8) is 0 Å². The molecule has 0 spiro atoms. The Kier molecular flexibility index (Phi) is 2.38. The fraction of sp³-hybridized carbons (Fsp3) is 0. The highest BCUT2D eigenvalue weighted by molar-refractivity contribution is 5.78. The lowest BCUT2D eigenvalue weighted by Gasteiger charge is -2.05. The van der Waals surface area contributed by atoms with Gasteiger partial charge < -0.3 is 0 Å². The number of pyridine rings is 1. The lowest BCUT2D eigenvalue weighted by molar-refractivity contribution is 0.942. The van der Waals surface area contributed by atoms with E-state index in [4.69, 9.17) is 0 Å². The second kappa shape index (κ2) is 4.17. The van der Waals surface area contributed by atoms with Gasteiger partial charge in [-0.15, -0.1) is 5.10 Å². The van der Waals surface area contributed by atoms with E-state index in [9.17, 15) is 0 Å².